The highest BCUT2D eigenvalue weighted by atomic mass is 35.7. The van der Waals surface area contributed by atoms with Crippen molar-refractivity contribution in [3.8, 4) is 0 Å². The van der Waals surface area contributed by atoms with Gasteiger partial charge >= 0.3 is 0 Å². The first-order valence-electron chi connectivity index (χ1n) is 5.79. The molecule has 1 aliphatic carbocycles. The van der Waals surface area contributed by atoms with Gasteiger partial charge in [0.2, 0.25) is 0 Å². The Hall–Kier alpha value is -0.780. The van der Waals surface area contributed by atoms with Crippen LogP contribution in [0.5, 0.6) is 0 Å². The summed E-state index contributed by atoms with van der Waals surface area (Å²) in [6.07, 6.45) is 2.20. The lowest BCUT2D eigenvalue weighted by Crippen LogP contribution is -2.30. The van der Waals surface area contributed by atoms with Gasteiger partial charge in [0.25, 0.3) is 15.0 Å². The van der Waals surface area contributed by atoms with Gasteiger partial charge in [0.15, 0.2) is 0 Å². The van der Waals surface area contributed by atoms with Gasteiger partial charge in [-0.3, -0.25) is 4.79 Å². The van der Waals surface area contributed by atoms with Crippen LogP contribution in [-0.2, 0) is 9.05 Å². The standard InChI is InChI=1S/C12H13Cl2NO3S/c1-15(7-8-5-6-8)12(16)11-9(13)3-2-4-10(11)19(14,17)18/h2-4,8H,5-7H2,1H3. The highest BCUT2D eigenvalue weighted by Crippen LogP contribution is 2.31. The van der Waals surface area contributed by atoms with E-state index in [4.69, 9.17) is 22.3 Å². The minimum atomic E-state index is -4.01. The van der Waals surface area contributed by atoms with Crippen LogP contribution >= 0.6 is 22.3 Å². The summed E-state index contributed by atoms with van der Waals surface area (Å²) in [5, 5.41) is 0.0920. The Morgan fingerprint density at radius 2 is 2.05 bits per heavy atom. The molecule has 19 heavy (non-hydrogen) atoms. The van der Waals surface area contributed by atoms with Crippen molar-refractivity contribution in [2.45, 2.75) is 17.7 Å². The molecule has 1 aromatic rings. The molecule has 0 atom stereocenters. The Bertz CT molecular complexity index is 611. The van der Waals surface area contributed by atoms with Gasteiger partial charge in [-0.25, -0.2) is 8.42 Å². The molecule has 0 unspecified atom stereocenters. The Balaban J connectivity index is 2.39. The summed E-state index contributed by atoms with van der Waals surface area (Å²) in [6, 6.07) is 4.22. The summed E-state index contributed by atoms with van der Waals surface area (Å²) in [6.45, 7) is 0.603. The van der Waals surface area contributed by atoms with Crippen molar-refractivity contribution in [2.75, 3.05) is 13.6 Å². The molecule has 7 heteroatoms. The molecule has 1 amide bonds. The molecule has 1 aliphatic rings. The smallest absolute Gasteiger partial charge is 0.262 e. The topological polar surface area (TPSA) is 54.5 Å². The van der Waals surface area contributed by atoms with Crippen molar-refractivity contribution >= 4 is 37.2 Å². The van der Waals surface area contributed by atoms with Crippen LogP contribution < -0.4 is 0 Å². The van der Waals surface area contributed by atoms with Gasteiger partial charge in [-0.05, 0) is 30.9 Å². The normalized spacial score (nSPS) is 15.3. The summed E-state index contributed by atoms with van der Waals surface area (Å²) < 4.78 is 23.0. The third-order valence-corrected chi connectivity index (χ3v) is 4.71. The van der Waals surface area contributed by atoms with E-state index in [2.05, 4.69) is 0 Å². The van der Waals surface area contributed by atoms with Crippen LogP contribution in [0.3, 0.4) is 0 Å². The molecule has 0 heterocycles. The average Bonchev–Trinajstić information content (AvgIpc) is 3.10. The lowest BCUT2D eigenvalue weighted by atomic mass is 10.2. The van der Waals surface area contributed by atoms with Gasteiger partial charge in [-0.15, -0.1) is 0 Å². The maximum atomic E-state index is 12.3. The van der Waals surface area contributed by atoms with Crippen molar-refractivity contribution in [3.63, 3.8) is 0 Å². The van der Waals surface area contributed by atoms with E-state index in [1.807, 2.05) is 0 Å². The van der Waals surface area contributed by atoms with Gasteiger partial charge in [0.05, 0.1) is 15.5 Å². The van der Waals surface area contributed by atoms with Gasteiger partial charge in [-0.1, -0.05) is 17.7 Å². The first kappa shape index (κ1) is 14.6. The molecule has 0 saturated heterocycles. The van der Waals surface area contributed by atoms with Crippen LogP contribution in [0.1, 0.15) is 23.2 Å². The molecule has 1 aromatic carbocycles. The number of amides is 1. The predicted molar refractivity (Wildman–Crippen MR) is 74.2 cm³/mol. The third-order valence-electron chi connectivity index (χ3n) is 3.03. The highest BCUT2D eigenvalue weighted by Gasteiger charge is 2.29. The minimum Gasteiger partial charge on any atom is -0.341 e. The van der Waals surface area contributed by atoms with E-state index in [-0.39, 0.29) is 15.5 Å². The Kier molecular flexibility index (Phi) is 4.08. The van der Waals surface area contributed by atoms with Gasteiger partial charge in [0.1, 0.15) is 0 Å². The van der Waals surface area contributed by atoms with E-state index in [0.29, 0.717) is 12.5 Å². The van der Waals surface area contributed by atoms with Crippen LogP contribution in [0, 0.1) is 5.92 Å². The van der Waals surface area contributed by atoms with Crippen LogP contribution in [0.2, 0.25) is 5.02 Å². The van der Waals surface area contributed by atoms with E-state index >= 15 is 0 Å². The number of benzene rings is 1. The summed E-state index contributed by atoms with van der Waals surface area (Å²) in [4.78, 5) is 13.6. The van der Waals surface area contributed by atoms with Gasteiger partial charge in [-0.2, -0.15) is 0 Å². The van der Waals surface area contributed by atoms with Crippen LogP contribution in [0.15, 0.2) is 23.1 Å². The molecule has 0 aromatic heterocycles. The molecule has 1 fully saturated rings. The van der Waals surface area contributed by atoms with E-state index < -0.39 is 15.0 Å². The summed E-state index contributed by atoms with van der Waals surface area (Å²) in [5.74, 6) is 0.0872. The van der Waals surface area contributed by atoms with E-state index in [0.717, 1.165) is 12.8 Å². The van der Waals surface area contributed by atoms with Crippen molar-refractivity contribution in [3.05, 3.63) is 28.8 Å². The molecular formula is C12H13Cl2NO3S. The van der Waals surface area contributed by atoms with Gasteiger partial charge < -0.3 is 4.90 Å². The summed E-state index contributed by atoms with van der Waals surface area (Å²) >= 11 is 5.96. The SMILES string of the molecule is CN(CC1CC1)C(=O)c1c(Cl)cccc1S(=O)(=O)Cl. The molecule has 0 bridgehead atoms. The van der Waals surface area contributed by atoms with E-state index in [1.54, 1.807) is 7.05 Å². The lowest BCUT2D eigenvalue weighted by Gasteiger charge is -2.18. The molecule has 4 nitrogen and oxygen atoms in total. The number of nitrogens with zero attached hydrogens (tertiary/aromatic N) is 1. The van der Waals surface area contributed by atoms with Crippen molar-refractivity contribution < 1.29 is 13.2 Å². The zero-order valence-electron chi connectivity index (χ0n) is 10.3. The maximum absolute atomic E-state index is 12.3. The quantitative estimate of drug-likeness (QED) is 0.801. The summed E-state index contributed by atoms with van der Waals surface area (Å²) in [5.41, 5.74) is -0.0534. The Labute approximate surface area is 121 Å². The fourth-order valence-electron chi connectivity index (χ4n) is 1.88. The van der Waals surface area contributed by atoms with Crippen LogP contribution in [0.4, 0.5) is 0 Å². The van der Waals surface area contributed by atoms with Crippen molar-refractivity contribution in [1.82, 2.24) is 4.90 Å². The first-order valence-corrected chi connectivity index (χ1v) is 8.48. The number of hydrogen-bond acceptors (Lipinski definition) is 3. The summed E-state index contributed by atoms with van der Waals surface area (Å²) in [7, 11) is 2.97. The van der Waals surface area contributed by atoms with Crippen LogP contribution in [-0.4, -0.2) is 32.8 Å². The maximum Gasteiger partial charge on any atom is 0.262 e. The fourth-order valence-corrected chi connectivity index (χ4v) is 3.26. The molecule has 0 radical (unpaired) electrons. The second-order valence-corrected chi connectivity index (χ2v) is 7.62. The number of halogens is 2. The molecule has 1 saturated carbocycles. The Morgan fingerprint density at radius 3 is 2.58 bits per heavy atom. The second-order valence-electron chi connectivity index (χ2n) is 4.68. The fraction of sp³-hybridized carbons (Fsp3) is 0.417. The van der Waals surface area contributed by atoms with Crippen molar-refractivity contribution in [2.24, 2.45) is 5.92 Å². The van der Waals surface area contributed by atoms with E-state index in [1.165, 1.54) is 23.1 Å². The van der Waals surface area contributed by atoms with Gasteiger partial charge in [0, 0.05) is 24.3 Å². The van der Waals surface area contributed by atoms with E-state index in [9.17, 15) is 13.2 Å². The predicted octanol–water partition coefficient (Wildman–Crippen LogP) is 2.75. The number of hydrogen-bond donors (Lipinski definition) is 0. The zero-order chi connectivity index (χ0) is 14.2. The van der Waals surface area contributed by atoms with Crippen molar-refractivity contribution in [1.29, 1.82) is 0 Å². The zero-order valence-corrected chi connectivity index (χ0v) is 12.6. The number of carbonyl (C=O) groups is 1. The lowest BCUT2D eigenvalue weighted by molar-refractivity contribution is 0.0785. The minimum absolute atomic E-state index is 0.0534. The molecule has 2 rings (SSSR count). The average molecular weight is 322 g/mol. The molecule has 0 spiro atoms. The molecular weight excluding hydrogens is 309 g/mol. The second kappa shape index (κ2) is 5.31. The highest BCUT2D eigenvalue weighted by molar-refractivity contribution is 8.13. The monoisotopic (exact) mass is 321 g/mol. The Morgan fingerprint density at radius 1 is 1.42 bits per heavy atom. The van der Waals surface area contributed by atoms with Crippen LogP contribution in [0.25, 0.3) is 0 Å². The molecule has 0 N–H and O–H groups in total. The number of rotatable bonds is 4. The molecule has 104 valence electrons. The molecule has 0 aliphatic heterocycles. The largest absolute Gasteiger partial charge is 0.341 e. The number of carbonyl (C=O) groups excluding carboxylic acids is 1. The first-order chi connectivity index (χ1) is 8.80. The third kappa shape index (κ3) is 3.41.